The van der Waals surface area contributed by atoms with Crippen LogP contribution in [0, 0.1) is 0 Å². The van der Waals surface area contributed by atoms with Crippen molar-refractivity contribution in [3.05, 3.63) is 108 Å². The van der Waals surface area contributed by atoms with Crippen molar-refractivity contribution in [2.24, 2.45) is 0 Å². The fraction of sp³-hybridized carbons (Fsp3) is 0.281. The highest BCUT2D eigenvalue weighted by Crippen LogP contribution is 2.30. The minimum Gasteiger partial charge on any atom is -0.508 e. The molecule has 10 nitrogen and oxygen atoms in total. The number of amides is 4. The van der Waals surface area contributed by atoms with E-state index in [-0.39, 0.29) is 49.7 Å². The largest absolute Gasteiger partial charge is 0.508 e. The van der Waals surface area contributed by atoms with E-state index in [1.54, 1.807) is 52.3 Å². The third-order valence-corrected chi connectivity index (χ3v) is 7.60. The van der Waals surface area contributed by atoms with Gasteiger partial charge in [0.2, 0.25) is 11.8 Å². The first-order valence-corrected chi connectivity index (χ1v) is 13.9. The van der Waals surface area contributed by atoms with Gasteiger partial charge in [-0.15, -0.1) is 6.58 Å². The number of hydrogen-bond acceptors (Lipinski definition) is 6. The van der Waals surface area contributed by atoms with Crippen molar-refractivity contribution in [2.45, 2.75) is 31.7 Å². The first-order valence-electron chi connectivity index (χ1n) is 13.9. The van der Waals surface area contributed by atoms with Crippen molar-refractivity contribution in [3.63, 3.8) is 0 Å². The van der Waals surface area contributed by atoms with Crippen molar-refractivity contribution >= 4 is 17.8 Å². The molecule has 2 heterocycles. The monoisotopic (exact) mass is 569 g/mol. The number of hydrogen-bond donors (Lipinski definition) is 2. The molecule has 0 unspecified atom stereocenters. The molecule has 2 N–H and O–H groups in total. The van der Waals surface area contributed by atoms with Crippen LogP contribution in [0.5, 0.6) is 11.5 Å². The molecule has 42 heavy (non-hydrogen) atoms. The van der Waals surface area contributed by atoms with Crippen molar-refractivity contribution < 1.29 is 24.2 Å². The number of urea groups is 1. The summed E-state index contributed by atoms with van der Waals surface area (Å²) >= 11 is 0. The van der Waals surface area contributed by atoms with Crippen molar-refractivity contribution in [3.8, 4) is 11.5 Å². The molecule has 2 aliphatic heterocycles. The van der Waals surface area contributed by atoms with E-state index in [2.05, 4.69) is 11.9 Å². The highest BCUT2D eigenvalue weighted by molar-refractivity contribution is 5.91. The first-order chi connectivity index (χ1) is 20.4. The van der Waals surface area contributed by atoms with Crippen LogP contribution in [0.3, 0.4) is 0 Å². The van der Waals surface area contributed by atoms with Gasteiger partial charge in [0.25, 0.3) is 0 Å². The summed E-state index contributed by atoms with van der Waals surface area (Å²) in [4.78, 5) is 44.3. The number of benzene rings is 3. The fourth-order valence-corrected chi connectivity index (χ4v) is 5.49. The van der Waals surface area contributed by atoms with Gasteiger partial charge in [-0.25, -0.2) is 4.79 Å². The zero-order valence-electron chi connectivity index (χ0n) is 23.6. The minimum absolute atomic E-state index is 0.0486. The quantitative estimate of drug-likeness (QED) is 0.364. The van der Waals surface area contributed by atoms with Gasteiger partial charge in [0.05, 0.1) is 26.7 Å². The number of fused-ring (bicyclic) bond motifs is 1. The number of aromatic hydroxyl groups is 1. The molecular weight excluding hydrogens is 534 g/mol. The Balaban J connectivity index is 1.43. The number of methoxy groups -OCH3 is 1. The van der Waals surface area contributed by atoms with Gasteiger partial charge in [-0.3, -0.25) is 14.6 Å². The second-order valence-corrected chi connectivity index (χ2v) is 10.3. The van der Waals surface area contributed by atoms with E-state index in [9.17, 15) is 19.5 Å². The molecule has 0 spiro atoms. The van der Waals surface area contributed by atoms with Gasteiger partial charge in [0.1, 0.15) is 23.7 Å². The molecule has 10 heteroatoms. The molecule has 2 atom stereocenters. The highest BCUT2D eigenvalue weighted by Gasteiger charge is 2.52. The smallest absolute Gasteiger partial charge is 0.332 e. The Kier molecular flexibility index (Phi) is 8.73. The van der Waals surface area contributed by atoms with Crippen LogP contribution >= 0.6 is 0 Å². The zero-order chi connectivity index (χ0) is 29.6. The highest BCUT2D eigenvalue weighted by atomic mass is 16.5. The number of carbonyl (C=O) groups is 3. The van der Waals surface area contributed by atoms with E-state index in [0.717, 1.165) is 16.7 Å². The topological polar surface area (TPSA) is 106 Å². The second-order valence-electron chi connectivity index (χ2n) is 10.3. The van der Waals surface area contributed by atoms with Gasteiger partial charge in [0, 0.05) is 19.5 Å². The van der Waals surface area contributed by atoms with Crippen LogP contribution < -0.4 is 10.1 Å². The summed E-state index contributed by atoms with van der Waals surface area (Å²) in [5.41, 5.74) is 2.68. The van der Waals surface area contributed by atoms with Crippen LogP contribution in [0.25, 0.3) is 0 Å². The van der Waals surface area contributed by atoms with E-state index < -0.39 is 12.2 Å². The molecule has 0 radical (unpaired) electrons. The van der Waals surface area contributed by atoms with Gasteiger partial charge in [-0.1, -0.05) is 60.7 Å². The Morgan fingerprint density at radius 1 is 1.02 bits per heavy atom. The molecular formula is C32H35N5O5. The van der Waals surface area contributed by atoms with E-state index in [4.69, 9.17) is 4.74 Å². The molecule has 218 valence electrons. The number of rotatable bonds is 10. The summed E-state index contributed by atoms with van der Waals surface area (Å²) in [6.45, 7) is 4.86. The third-order valence-electron chi connectivity index (χ3n) is 7.60. The predicted molar refractivity (Wildman–Crippen MR) is 157 cm³/mol. The Bertz CT molecular complexity index is 1410. The average molecular weight is 570 g/mol. The molecule has 3 aromatic rings. The molecule has 2 saturated heterocycles. The number of nitrogens with one attached hydrogen (secondary N) is 1. The number of phenolic OH excluding ortho intramolecular Hbond substituents is 1. The van der Waals surface area contributed by atoms with Gasteiger partial charge >= 0.3 is 6.03 Å². The molecule has 0 bridgehead atoms. The van der Waals surface area contributed by atoms with Crippen LogP contribution in [-0.2, 0) is 29.1 Å². The zero-order valence-corrected chi connectivity index (χ0v) is 23.6. The Morgan fingerprint density at radius 3 is 2.38 bits per heavy atom. The predicted octanol–water partition coefficient (Wildman–Crippen LogP) is 3.14. The Labute approximate surface area is 245 Å². The lowest BCUT2D eigenvalue weighted by atomic mass is 10.00. The number of nitrogens with zero attached hydrogens (tertiary/aromatic N) is 4. The minimum atomic E-state index is -0.776. The molecule has 0 aliphatic carbocycles. The molecule has 2 fully saturated rings. The van der Waals surface area contributed by atoms with Crippen molar-refractivity contribution in [1.82, 2.24) is 25.1 Å². The first kappa shape index (κ1) is 28.7. The van der Waals surface area contributed by atoms with Crippen molar-refractivity contribution in [2.75, 3.05) is 26.7 Å². The van der Waals surface area contributed by atoms with Crippen LogP contribution in [0.1, 0.15) is 16.7 Å². The second kappa shape index (κ2) is 12.8. The number of phenols is 1. The molecule has 0 saturated carbocycles. The molecule has 5 rings (SSSR count). The van der Waals surface area contributed by atoms with E-state index in [1.165, 1.54) is 5.01 Å². The van der Waals surface area contributed by atoms with Crippen LogP contribution in [-0.4, -0.2) is 81.7 Å². The lowest BCUT2D eigenvalue weighted by Crippen LogP contribution is -2.66. The van der Waals surface area contributed by atoms with E-state index in [1.807, 2.05) is 54.6 Å². The third kappa shape index (κ3) is 6.23. The van der Waals surface area contributed by atoms with Gasteiger partial charge in [0.15, 0.2) is 0 Å². The average Bonchev–Trinajstić information content (AvgIpc) is 3.33. The van der Waals surface area contributed by atoms with Crippen LogP contribution in [0.15, 0.2) is 91.5 Å². The molecule has 2 aliphatic rings. The van der Waals surface area contributed by atoms with Gasteiger partial charge < -0.3 is 25.0 Å². The lowest BCUT2D eigenvalue weighted by molar-refractivity contribution is -0.157. The molecule has 0 aromatic heterocycles. The van der Waals surface area contributed by atoms with Gasteiger partial charge in [-0.2, -0.15) is 5.01 Å². The Hall–Kier alpha value is -4.83. The van der Waals surface area contributed by atoms with Crippen LogP contribution in [0.2, 0.25) is 0 Å². The molecule has 3 aromatic carbocycles. The summed E-state index contributed by atoms with van der Waals surface area (Å²) in [7, 11) is 1.60. The number of carbonyl (C=O) groups excluding carboxylic acids is 3. The maximum absolute atomic E-state index is 13.9. The SMILES string of the molecule is C=CCN(C(=O)NCc1ccccc1)N1CC(=O)N2[C@@H](Cc3ccc(O)cc3)C(=O)N(Cc3ccc(OC)cc3)C[C@@H]21. The maximum Gasteiger partial charge on any atom is 0.332 e. The Morgan fingerprint density at radius 2 is 1.71 bits per heavy atom. The van der Waals surface area contributed by atoms with Crippen molar-refractivity contribution in [1.29, 1.82) is 0 Å². The number of hydrazine groups is 1. The summed E-state index contributed by atoms with van der Waals surface area (Å²) in [6, 6.07) is 22.6. The normalized spacial score (nSPS) is 18.5. The van der Waals surface area contributed by atoms with E-state index in [0.29, 0.717) is 18.8 Å². The summed E-state index contributed by atoms with van der Waals surface area (Å²) in [6.07, 6.45) is 1.33. The maximum atomic E-state index is 13.9. The number of piperazine rings is 1. The van der Waals surface area contributed by atoms with Gasteiger partial charge in [-0.05, 0) is 41.0 Å². The summed E-state index contributed by atoms with van der Waals surface area (Å²) < 4.78 is 5.27. The summed E-state index contributed by atoms with van der Waals surface area (Å²) in [5.74, 6) is 0.437. The number of ether oxygens (including phenoxy) is 1. The summed E-state index contributed by atoms with van der Waals surface area (Å²) in [5, 5.41) is 15.9. The van der Waals surface area contributed by atoms with Crippen LogP contribution in [0.4, 0.5) is 4.79 Å². The molecule has 4 amide bonds. The fourth-order valence-electron chi connectivity index (χ4n) is 5.49. The lowest BCUT2D eigenvalue weighted by Gasteiger charge is -2.46. The standard InChI is InChI=1S/C32H35N5O5/c1-3-17-35(32(41)33-19-24-7-5-4-6-8-24)36-22-30(39)37-28(18-23-9-13-26(38)14-10-23)31(40)34(21-29(36)37)20-25-11-15-27(42-2)16-12-25/h3-16,28-29,38H,1,17-22H2,2H3,(H,33,41)/t28-,29+/m0/s1. The van der Waals surface area contributed by atoms with E-state index >= 15 is 0 Å².